The largest absolute Gasteiger partial charge is 0.357 e. The van der Waals surface area contributed by atoms with E-state index in [1.807, 2.05) is 6.07 Å². The van der Waals surface area contributed by atoms with E-state index in [-0.39, 0.29) is 12.3 Å². The quantitative estimate of drug-likeness (QED) is 0.754. The fourth-order valence-electron chi connectivity index (χ4n) is 1.65. The third-order valence-electron chi connectivity index (χ3n) is 2.78. The van der Waals surface area contributed by atoms with Crippen LogP contribution in [-0.4, -0.2) is 30.0 Å². The van der Waals surface area contributed by atoms with Crippen molar-refractivity contribution in [1.82, 2.24) is 4.98 Å². The van der Waals surface area contributed by atoms with Gasteiger partial charge in [-0.3, -0.25) is 4.79 Å². The van der Waals surface area contributed by atoms with Crippen molar-refractivity contribution in [2.75, 3.05) is 23.3 Å². The molecule has 0 saturated heterocycles. The van der Waals surface area contributed by atoms with Crippen molar-refractivity contribution < 1.29 is 4.79 Å². The number of nitrogens with two attached hydrogens (primary N) is 1. The second-order valence-corrected chi connectivity index (χ2v) is 4.08. The molecule has 0 spiro atoms. The van der Waals surface area contributed by atoms with E-state index < -0.39 is 6.04 Å². The number of carbonyl (C=O) groups is 1. The summed E-state index contributed by atoms with van der Waals surface area (Å²) in [5, 5.41) is 2.69. The molecule has 0 aliphatic rings. The fraction of sp³-hybridized carbons (Fsp3) is 0.429. The molecule has 1 amide bonds. The van der Waals surface area contributed by atoms with E-state index in [0.29, 0.717) is 5.69 Å². The number of hydrogen-bond acceptors (Lipinski definition) is 4. The minimum atomic E-state index is -0.688. The topological polar surface area (TPSA) is 71.2 Å². The van der Waals surface area contributed by atoms with Crippen LogP contribution in [0.5, 0.6) is 0 Å². The molecule has 1 heterocycles. The van der Waals surface area contributed by atoms with Crippen LogP contribution in [0.2, 0.25) is 0 Å². The number of rotatable bonds is 6. The zero-order chi connectivity index (χ0) is 14.3. The van der Waals surface area contributed by atoms with Crippen molar-refractivity contribution in [2.45, 2.75) is 26.3 Å². The van der Waals surface area contributed by atoms with Gasteiger partial charge in [-0.1, -0.05) is 0 Å². The van der Waals surface area contributed by atoms with Crippen LogP contribution in [0.15, 0.2) is 18.3 Å². The number of anilines is 2. The molecule has 3 N–H and O–H groups in total. The Bertz CT molecular complexity index is 446. The molecule has 1 rings (SSSR count). The number of aromatic nitrogens is 1. The van der Waals surface area contributed by atoms with Crippen LogP contribution in [0.4, 0.5) is 11.5 Å². The van der Waals surface area contributed by atoms with Gasteiger partial charge in [0.15, 0.2) is 0 Å². The Hall–Kier alpha value is -2.06. The zero-order valence-corrected chi connectivity index (χ0v) is 11.4. The van der Waals surface area contributed by atoms with E-state index in [9.17, 15) is 4.79 Å². The molecule has 0 aliphatic heterocycles. The third-order valence-corrected chi connectivity index (χ3v) is 2.78. The normalized spacial score (nSPS) is 11.5. The van der Waals surface area contributed by atoms with Crippen LogP contribution in [0.3, 0.4) is 0 Å². The van der Waals surface area contributed by atoms with Crippen LogP contribution >= 0.6 is 0 Å². The Labute approximate surface area is 114 Å². The average Bonchev–Trinajstić information content (AvgIpc) is 2.42. The molecular formula is C14H20N4O. The van der Waals surface area contributed by atoms with Crippen molar-refractivity contribution in [3.8, 4) is 12.3 Å². The SMILES string of the molecule is C#CCC(N)C(=O)Nc1ccc(N(CC)CC)nc1. The second-order valence-electron chi connectivity index (χ2n) is 4.08. The highest BCUT2D eigenvalue weighted by atomic mass is 16.2. The number of carbonyl (C=O) groups excluding carboxylic acids is 1. The molecule has 0 radical (unpaired) electrons. The Morgan fingerprint density at radius 3 is 2.68 bits per heavy atom. The first-order chi connectivity index (χ1) is 9.12. The number of nitrogens with one attached hydrogen (secondary N) is 1. The van der Waals surface area contributed by atoms with E-state index in [1.54, 1.807) is 12.3 Å². The van der Waals surface area contributed by atoms with Gasteiger partial charge in [0, 0.05) is 19.5 Å². The standard InChI is InChI=1S/C14H20N4O/c1-4-7-12(15)14(19)17-11-8-9-13(16-10-11)18(5-2)6-3/h1,8-10,12H,5-7,15H2,2-3H3,(H,17,19). The van der Waals surface area contributed by atoms with Gasteiger partial charge in [0.25, 0.3) is 0 Å². The molecule has 19 heavy (non-hydrogen) atoms. The lowest BCUT2D eigenvalue weighted by Crippen LogP contribution is -2.35. The molecule has 1 aromatic rings. The Morgan fingerprint density at radius 1 is 1.53 bits per heavy atom. The zero-order valence-electron chi connectivity index (χ0n) is 11.4. The summed E-state index contributed by atoms with van der Waals surface area (Å²) in [6.45, 7) is 5.92. The fourth-order valence-corrected chi connectivity index (χ4v) is 1.65. The first-order valence-electron chi connectivity index (χ1n) is 6.33. The number of nitrogens with zero attached hydrogens (tertiary/aromatic N) is 2. The van der Waals surface area contributed by atoms with E-state index >= 15 is 0 Å². The van der Waals surface area contributed by atoms with Crippen molar-refractivity contribution in [3.63, 3.8) is 0 Å². The number of pyridine rings is 1. The summed E-state index contributed by atoms with van der Waals surface area (Å²) in [5.74, 6) is 2.95. The maximum atomic E-state index is 11.7. The van der Waals surface area contributed by atoms with Crippen LogP contribution < -0.4 is 16.0 Å². The lowest BCUT2D eigenvalue weighted by molar-refractivity contribution is -0.117. The Morgan fingerprint density at radius 2 is 2.21 bits per heavy atom. The maximum absolute atomic E-state index is 11.7. The molecule has 1 atom stereocenters. The number of hydrogen-bond donors (Lipinski definition) is 2. The number of terminal acetylenes is 1. The van der Waals surface area contributed by atoms with Crippen LogP contribution in [-0.2, 0) is 4.79 Å². The minimum Gasteiger partial charge on any atom is -0.357 e. The molecule has 1 aromatic heterocycles. The molecule has 0 bridgehead atoms. The highest BCUT2D eigenvalue weighted by molar-refractivity contribution is 5.94. The smallest absolute Gasteiger partial charge is 0.242 e. The maximum Gasteiger partial charge on any atom is 0.242 e. The van der Waals surface area contributed by atoms with Crippen LogP contribution in [0.1, 0.15) is 20.3 Å². The van der Waals surface area contributed by atoms with Gasteiger partial charge in [0.05, 0.1) is 17.9 Å². The molecule has 5 nitrogen and oxygen atoms in total. The van der Waals surface area contributed by atoms with Gasteiger partial charge in [0.1, 0.15) is 5.82 Å². The predicted octanol–water partition coefficient (Wildman–Crippen LogP) is 1.22. The van der Waals surface area contributed by atoms with Gasteiger partial charge in [-0.05, 0) is 26.0 Å². The summed E-state index contributed by atoms with van der Waals surface area (Å²) in [7, 11) is 0. The van der Waals surface area contributed by atoms with Gasteiger partial charge in [-0.15, -0.1) is 12.3 Å². The minimum absolute atomic E-state index is 0.219. The predicted molar refractivity (Wildman–Crippen MR) is 77.9 cm³/mol. The van der Waals surface area contributed by atoms with E-state index in [4.69, 9.17) is 12.2 Å². The lowest BCUT2D eigenvalue weighted by Gasteiger charge is -2.19. The first kappa shape index (κ1) is 15.0. The molecule has 0 saturated carbocycles. The summed E-state index contributed by atoms with van der Waals surface area (Å²) in [6, 6.07) is 2.99. The van der Waals surface area contributed by atoms with Gasteiger partial charge in [0.2, 0.25) is 5.91 Å². The molecule has 5 heteroatoms. The van der Waals surface area contributed by atoms with Crippen molar-refractivity contribution in [1.29, 1.82) is 0 Å². The molecule has 102 valence electrons. The van der Waals surface area contributed by atoms with Crippen LogP contribution in [0.25, 0.3) is 0 Å². The molecular weight excluding hydrogens is 240 g/mol. The molecule has 0 aliphatic carbocycles. The lowest BCUT2D eigenvalue weighted by atomic mass is 10.2. The van der Waals surface area contributed by atoms with Gasteiger partial charge in [-0.2, -0.15) is 0 Å². The van der Waals surface area contributed by atoms with Gasteiger partial charge >= 0.3 is 0 Å². The van der Waals surface area contributed by atoms with Crippen LogP contribution in [0, 0.1) is 12.3 Å². The van der Waals surface area contributed by atoms with E-state index in [1.165, 1.54) is 0 Å². The summed E-state index contributed by atoms with van der Waals surface area (Å²) >= 11 is 0. The molecule has 0 fully saturated rings. The summed E-state index contributed by atoms with van der Waals surface area (Å²) in [6.07, 6.45) is 6.95. The second kappa shape index (κ2) is 7.39. The summed E-state index contributed by atoms with van der Waals surface area (Å²) in [4.78, 5) is 18.1. The van der Waals surface area contributed by atoms with Crippen molar-refractivity contribution in [3.05, 3.63) is 18.3 Å². The average molecular weight is 260 g/mol. The third kappa shape index (κ3) is 4.27. The first-order valence-corrected chi connectivity index (χ1v) is 6.33. The van der Waals surface area contributed by atoms with E-state index in [2.05, 4.69) is 35.0 Å². The number of amides is 1. The van der Waals surface area contributed by atoms with Crippen molar-refractivity contribution in [2.24, 2.45) is 5.73 Å². The Balaban J connectivity index is 2.67. The molecule has 1 unspecified atom stereocenters. The molecule has 0 aromatic carbocycles. The van der Waals surface area contributed by atoms with Crippen molar-refractivity contribution >= 4 is 17.4 Å². The highest BCUT2D eigenvalue weighted by Gasteiger charge is 2.12. The van der Waals surface area contributed by atoms with Gasteiger partial charge in [-0.25, -0.2) is 4.98 Å². The Kier molecular flexibility index (Phi) is 5.83. The summed E-state index contributed by atoms with van der Waals surface area (Å²) < 4.78 is 0. The monoisotopic (exact) mass is 260 g/mol. The van der Waals surface area contributed by atoms with E-state index in [0.717, 1.165) is 18.9 Å². The summed E-state index contributed by atoms with van der Waals surface area (Å²) in [5.41, 5.74) is 6.23. The highest BCUT2D eigenvalue weighted by Crippen LogP contribution is 2.14. The van der Waals surface area contributed by atoms with Gasteiger partial charge < -0.3 is 16.0 Å².